The van der Waals surface area contributed by atoms with Crippen molar-refractivity contribution in [1.82, 2.24) is 0 Å². The van der Waals surface area contributed by atoms with Crippen molar-refractivity contribution < 1.29 is 23.8 Å². The quantitative estimate of drug-likeness (QED) is 0.603. The molecule has 0 bridgehead atoms. The van der Waals surface area contributed by atoms with Crippen molar-refractivity contribution in [2.75, 3.05) is 6.61 Å². The second-order valence-corrected chi connectivity index (χ2v) is 7.41. The monoisotopic (exact) mass is 330 g/mol. The topological polar surface area (TPSA) is 61.8 Å². The Kier molecular flexibility index (Phi) is 9.44. The summed E-state index contributed by atoms with van der Waals surface area (Å²) in [5.74, 6) is -1.08. The molecule has 0 amide bonds. The average Bonchev–Trinajstić information content (AvgIpc) is 2.35. The van der Waals surface area contributed by atoms with Gasteiger partial charge in [0.05, 0.1) is 18.4 Å². The lowest BCUT2D eigenvalue weighted by atomic mass is 10.0. The lowest BCUT2D eigenvalue weighted by molar-refractivity contribution is -0.168. The van der Waals surface area contributed by atoms with E-state index in [1.165, 1.54) is 0 Å². The first-order chi connectivity index (χ1) is 10.5. The Morgan fingerprint density at radius 1 is 1.04 bits per heavy atom. The molecule has 0 unspecified atom stereocenters. The zero-order valence-corrected chi connectivity index (χ0v) is 16.0. The zero-order chi connectivity index (χ0) is 18.2. The van der Waals surface area contributed by atoms with E-state index < -0.39 is 23.5 Å². The van der Waals surface area contributed by atoms with Gasteiger partial charge >= 0.3 is 11.9 Å². The molecule has 0 rings (SSSR count). The summed E-state index contributed by atoms with van der Waals surface area (Å²) in [5, 5.41) is 0. The summed E-state index contributed by atoms with van der Waals surface area (Å²) in [6.07, 6.45) is 0.437. The second-order valence-electron chi connectivity index (χ2n) is 7.41. The molecule has 0 saturated heterocycles. The van der Waals surface area contributed by atoms with Crippen molar-refractivity contribution in [1.29, 1.82) is 0 Å². The highest BCUT2D eigenvalue weighted by Crippen LogP contribution is 2.18. The molecule has 0 aliphatic rings. The van der Waals surface area contributed by atoms with E-state index in [2.05, 4.69) is 0 Å². The molecule has 0 aromatic heterocycles. The SMILES string of the molecule is CCCO[C@@H](C(C)C)[C@H](C)OC(=O)[C@H](C)CC(=O)OC(C)(C)C. The minimum absolute atomic E-state index is 0.0188. The van der Waals surface area contributed by atoms with Crippen molar-refractivity contribution >= 4 is 11.9 Å². The maximum atomic E-state index is 12.2. The highest BCUT2D eigenvalue weighted by Gasteiger charge is 2.28. The van der Waals surface area contributed by atoms with E-state index >= 15 is 0 Å². The maximum Gasteiger partial charge on any atom is 0.309 e. The Hall–Kier alpha value is -1.10. The fourth-order valence-corrected chi connectivity index (χ4v) is 2.21. The van der Waals surface area contributed by atoms with Crippen LogP contribution >= 0.6 is 0 Å². The third-order valence-corrected chi connectivity index (χ3v) is 3.23. The van der Waals surface area contributed by atoms with E-state index in [1.54, 1.807) is 27.7 Å². The first-order valence-corrected chi connectivity index (χ1v) is 8.51. The fraction of sp³-hybridized carbons (Fsp3) is 0.889. The Morgan fingerprint density at radius 2 is 1.61 bits per heavy atom. The summed E-state index contributed by atoms with van der Waals surface area (Å²) < 4.78 is 16.5. The van der Waals surface area contributed by atoms with Gasteiger partial charge < -0.3 is 14.2 Å². The Labute approximate surface area is 141 Å². The minimum atomic E-state index is -0.551. The van der Waals surface area contributed by atoms with Gasteiger partial charge in [0.25, 0.3) is 0 Å². The molecule has 0 radical (unpaired) electrons. The number of hydrogen-bond acceptors (Lipinski definition) is 5. The smallest absolute Gasteiger partial charge is 0.309 e. The molecule has 0 aliphatic heterocycles. The van der Waals surface area contributed by atoms with Gasteiger partial charge in [-0.3, -0.25) is 9.59 Å². The fourth-order valence-electron chi connectivity index (χ4n) is 2.21. The van der Waals surface area contributed by atoms with Crippen LogP contribution in [0.3, 0.4) is 0 Å². The molecule has 5 heteroatoms. The van der Waals surface area contributed by atoms with E-state index in [0.717, 1.165) is 6.42 Å². The van der Waals surface area contributed by atoms with E-state index in [1.807, 2.05) is 27.7 Å². The van der Waals surface area contributed by atoms with Crippen molar-refractivity contribution in [2.45, 2.75) is 86.0 Å². The van der Waals surface area contributed by atoms with Crippen LogP contribution in [-0.4, -0.2) is 36.4 Å². The van der Waals surface area contributed by atoms with Crippen LogP contribution in [0.2, 0.25) is 0 Å². The predicted molar refractivity (Wildman–Crippen MR) is 90.0 cm³/mol. The van der Waals surface area contributed by atoms with Crippen LogP contribution in [0, 0.1) is 11.8 Å². The maximum absolute atomic E-state index is 12.2. The van der Waals surface area contributed by atoms with Gasteiger partial charge in [0.1, 0.15) is 11.7 Å². The third kappa shape index (κ3) is 9.59. The number of esters is 2. The first kappa shape index (κ1) is 21.9. The molecule has 0 aromatic rings. The first-order valence-electron chi connectivity index (χ1n) is 8.51. The number of ether oxygens (including phenoxy) is 3. The summed E-state index contributed by atoms with van der Waals surface area (Å²) in [7, 11) is 0. The van der Waals surface area contributed by atoms with Crippen LogP contribution < -0.4 is 0 Å². The normalized spacial score (nSPS) is 15.9. The van der Waals surface area contributed by atoms with Gasteiger partial charge in [-0.25, -0.2) is 0 Å². The number of rotatable bonds is 9. The van der Waals surface area contributed by atoms with Crippen molar-refractivity contribution in [3.63, 3.8) is 0 Å². The molecule has 0 N–H and O–H groups in total. The summed E-state index contributed by atoms with van der Waals surface area (Å²) in [6.45, 7) is 15.7. The van der Waals surface area contributed by atoms with Crippen LogP contribution in [0.15, 0.2) is 0 Å². The Morgan fingerprint density at radius 3 is 2.04 bits per heavy atom. The molecular formula is C18H34O5. The van der Waals surface area contributed by atoms with Crippen LogP contribution in [0.25, 0.3) is 0 Å². The lowest BCUT2D eigenvalue weighted by Gasteiger charge is -2.28. The van der Waals surface area contributed by atoms with Gasteiger partial charge in [-0.2, -0.15) is 0 Å². The highest BCUT2D eigenvalue weighted by atomic mass is 16.6. The molecule has 0 heterocycles. The summed E-state index contributed by atoms with van der Waals surface area (Å²) in [4.78, 5) is 24.0. The van der Waals surface area contributed by atoms with Gasteiger partial charge in [-0.05, 0) is 40.0 Å². The molecule has 5 nitrogen and oxygen atoms in total. The predicted octanol–water partition coefficient (Wildman–Crippen LogP) is 3.74. The molecule has 0 aromatic carbocycles. The molecule has 0 spiro atoms. The van der Waals surface area contributed by atoms with E-state index in [4.69, 9.17) is 14.2 Å². The second kappa shape index (κ2) is 9.91. The van der Waals surface area contributed by atoms with Gasteiger partial charge in [0.2, 0.25) is 0 Å². The van der Waals surface area contributed by atoms with Crippen molar-refractivity contribution in [3.8, 4) is 0 Å². The van der Waals surface area contributed by atoms with Crippen LogP contribution in [0.5, 0.6) is 0 Å². The van der Waals surface area contributed by atoms with E-state index in [0.29, 0.717) is 6.61 Å². The van der Waals surface area contributed by atoms with E-state index in [9.17, 15) is 9.59 Å². The van der Waals surface area contributed by atoms with Gasteiger partial charge in [-0.15, -0.1) is 0 Å². The molecule has 0 fully saturated rings. The van der Waals surface area contributed by atoms with Crippen LogP contribution in [0.4, 0.5) is 0 Å². The number of hydrogen-bond donors (Lipinski definition) is 0. The number of carbonyl (C=O) groups excluding carboxylic acids is 2. The average molecular weight is 330 g/mol. The third-order valence-electron chi connectivity index (χ3n) is 3.23. The van der Waals surface area contributed by atoms with E-state index in [-0.39, 0.29) is 24.5 Å². The molecule has 136 valence electrons. The largest absolute Gasteiger partial charge is 0.460 e. The summed E-state index contributed by atoms with van der Waals surface area (Å²) in [6, 6.07) is 0. The standard InChI is InChI=1S/C18H34O5/c1-9-10-21-16(12(2)3)14(5)22-17(20)13(4)11-15(19)23-18(6,7)8/h12-14,16H,9-11H2,1-8H3/t13-,14+,16+/m1/s1. The molecule has 3 atom stereocenters. The summed E-state index contributed by atoms with van der Waals surface area (Å²) >= 11 is 0. The Balaban J connectivity index is 4.51. The van der Waals surface area contributed by atoms with Gasteiger partial charge in [0, 0.05) is 6.61 Å². The molecular weight excluding hydrogens is 296 g/mol. The van der Waals surface area contributed by atoms with Crippen LogP contribution in [0.1, 0.15) is 68.2 Å². The zero-order valence-electron chi connectivity index (χ0n) is 16.0. The Bertz CT molecular complexity index is 370. The molecule has 0 saturated carbocycles. The van der Waals surface area contributed by atoms with Gasteiger partial charge in [-0.1, -0.05) is 27.7 Å². The van der Waals surface area contributed by atoms with Gasteiger partial charge in [0.15, 0.2) is 0 Å². The van der Waals surface area contributed by atoms with Crippen molar-refractivity contribution in [3.05, 3.63) is 0 Å². The minimum Gasteiger partial charge on any atom is -0.460 e. The molecule has 0 aliphatic carbocycles. The summed E-state index contributed by atoms with van der Waals surface area (Å²) in [5.41, 5.74) is -0.551. The van der Waals surface area contributed by atoms with Crippen LogP contribution in [-0.2, 0) is 23.8 Å². The lowest BCUT2D eigenvalue weighted by Crippen LogP contribution is -2.37. The molecule has 23 heavy (non-hydrogen) atoms. The van der Waals surface area contributed by atoms with Crippen molar-refractivity contribution in [2.24, 2.45) is 11.8 Å². The number of carbonyl (C=O) groups is 2. The highest BCUT2D eigenvalue weighted by molar-refractivity contribution is 5.79.